The third-order valence-corrected chi connectivity index (χ3v) is 17.9. The molecule has 0 N–H and O–H groups in total. The molecule has 13 rings (SSSR count). The molecule has 2 nitrogen and oxygen atoms in total. The summed E-state index contributed by atoms with van der Waals surface area (Å²) in [5.74, 6) is 0. The van der Waals surface area contributed by atoms with Crippen LogP contribution in [0.1, 0.15) is 129 Å². The molecule has 9 aromatic rings. The number of benzene rings is 7. The zero-order valence-electron chi connectivity index (χ0n) is 40.3. The van der Waals surface area contributed by atoms with Crippen LogP contribution in [-0.2, 0) is 27.1 Å². The van der Waals surface area contributed by atoms with Crippen molar-refractivity contribution in [1.29, 1.82) is 0 Å². The van der Waals surface area contributed by atoms with Crippen molar-refractivity contribution in [3.63, 3.8) is 0 Å². The molecule has 65 heavy (non-hydrogen) atoms. The second-order valence-corrected chi connectivity index (χ2v) is 25.1. The van der Waals surface area contributed by atoms with Crippen LogP contribution in [0, 0.1) is 0 Å². The van der Waals surface area contributed by atoms with E-state index < -0.39 is 0 Å². The Morgan fingerprint density at radius 3 is 1.94 bits per heavy atom. The Morgan fingerprint density at radius 2 is 1.22 bits per heavy atom. The van der Waals surface area contributed by atoms with Crippen LogP contribution in [0.5, 0.6) is 0 Å². The van der Waals surface area contributed by atoms with E-state index in [1.54, 1.807) is 0 Å². The van der Waals surface area contributed by atoms with Gasteiger partial charge in [0.2, 0.25) is 0 Å². The van der Waals surface area contributed by atoms with E-state index in [9.17, 15) is 0 Å². The molecular formula is C61H59BN2S. The fourth-order valence-corrected chi connectivity index (χ4v) is 14.2. The van der Waals surface area contributed by atoms with Gasteiger partial charge in [0, 0.05) is 59.0 Å². The summed E-state index contributed by atoms with van der Waals surface area (Å²) in [6.45, 7) is 28.8. The maximum absolute atomic E-state index is 2.77. The topological polar surface area (TPSA) is 8.17 Å². The summed E-state index contributed by atoms with van der Waals surface area (Å²) in [6, 6.07) is 46.1. The highest BCUT2D eigenvalue weighted by Crippen LogP contribution is 2.58. The quantitative estimate of drug-likeness (QED) is 0.149. The van der Waals surface area contributed by atoms with Crippen molar-refractivity contribution in [3.05, 3.63) is 149 Å². The molecule has 0 saturated carbocycles. The Kier molecular flexibility index (Phi) is 7.61. The molecule has 4 heteroatoms. The Balaban J connectivity index is 1.28. The van der Waals surface area contributed by atoms with Gasteiger partial charge in [-0.3, -0.25) is 0 Å². The van der Waals surface area contributed by atoms with E-state index in [1.807, 2.05) is 11.3 Å². The van der Waals surface area contributed by atoms with Crippen molar-refractivity contribution in [2.75, 3.05) is 4.81 Å². The van der Waals surface area contributed by atoms with Crippen LogP contribution in [0.25, 0.3) is 69.9 Å². The Hall–Kier alpha value is -5.58. The monoisotopic (exact) mass is 862 g/mol. The van der Waals surface area contributed by atoms with Crippen LogP contribution in [0.3, 0.4) is 0 Å². The number of anilines is 2. The van der Waals surface area contributed by atoms with E-state index in [0.717, 1.165) is 0 Å². The number of fused-ring (bicyclic) bond motifs is 17. The van der Waals surface area contributed by atoms with Gasteiger partial charge < -0.3 is 9.38 Å². The lowest BCUT2D eigenvalue weighted by atomic mass is 9.43. The minimum absolute atomic E-state index is 0.0310. The van der Waals surface area contributed by atoms with Gasteiger partial charge in [-0.25, -0.2) is 0 Å². The summed E-state index contributed by atoms with van der Waals surface area (Å²) in [4.78, 5) is 2.77. The van der Waals surface area contributed by atoms with Crippen LogP contribution in [-0.4, -0.2) is 11.4 Å². The first-order chi connectivity index (χ1) is 30.8. The molecule has 7 aromatic carbocycles. The number of hydrogen-bond donors (Lipinski definition) is 0. The van der Waals surface area contributed by atoms with Gasteiger partial charge in [0.1, 0.15) is 0 Å². The predicted octanol–water partition coefficient (Wildman–Crippen LogP) is 15.6. The van der Waals surface area contributed by atoms with Crippen molar-refractivity contribution in [3.8, 4) is 27.9 Å². The highest BCUT2D eigenvalue weighted by atomic mass is 32.1. The molecule has 0 atom stereocenters. The van der Waals surface area contributed by atoms with Gasteiger partial charge in [0.05, 0.1) is 11.0 Å². The van der Waals surface area contributed by atoms with Crippen molar-refractivity contribution in [2.45, 2.75) is 123 Å². The molecule has 2 aliphatic carbocycles. The van der Waals surface area contributed by atoms with Gasteiger partial charge in [-0.15, -0.1) is 11.3 Å². The summed E-state index contributed by atoms with van der Waals surface area (Å²) in [6.07, 6.45) is 2.38. The number of rotatable bonds is 1. The van der Waals surface area contributed by atoms with Gasteiger partial charge in [-0.1, -0.05) is 150 Å². The zero-order chi connectivity index (χ0) is 45.1. The largest absolute Gasteiger partial charge is 0.376 e. The van der Waals surface area contributed by atoms with E-state index in [-0.39, 0.29) is 33.9 Å². The lowest BCUT2D eigenvalue weighted by Gasteiger charge is -2.43. The summed E-state index contributed by atoms with van der Waals surface area (Å²) in [7, 11) is 0. The molecule has 2 aliphatic heterocycles. The highest BCUT2D eigenvalue weighted by molar-refractivity contribution is 7.27. The lowest BCUT2D eigenvalue weighted by Crippen LogP contribution is -2.60. The van der Waals surface area contributed by atoms with Gasteiger partial charge in [-0.05, 0) is 144 Å². The molecule has 0 unspecified atom stereocenters. The molecule has 4 heterocycles. The Bertz CT molecular complexity index is 3600. The van der Waals surface area contributed by atoms with Crippen molar-refractivity contribution in [1.82, 2.24) is 4.57 Å². The minimum atomic E-state index is -0.145. The molecule has 0 saturated heterocycles. The van der Waals surface area contributed by atoms with Gasteiger partial charge >= 0.3 is 6.85 Å². The first-order valence-corrected chi connectivity index (χ1v) is 24.9. The number of hydrogen-bond acceptors (Lipinski definition) is 2. The smallest absolute Gasteiger partial charge is 0.333 e. The van der Waals surface area contributed by atoms with E-state index in [4.69, 9.17) is 0 Å². The molecule has 0 spiro atoms. The SMILES string of the molecule is CC(C)(C)c1ccc(N2B3c4cc(C(C)(C)C)ccc4-n4c5cc6c(cc5c5c7sc8ccccc8c7c(c3c54)-c3cc4c(cc32)C(C)(C)c2ccccc2-4)C(C)(C)CCC6(C)C)cc1. The minimum Gasteiger partial charge on any atom is -0.376 e. The van der Waals surface area contributed by atoms with Gasteiger partial charge in [0.25, 0.3) is 0 Å². The summed E-state index contributed by atoms with van der Waals surface area (Å²) >= 11 is 2.00. The van der Waals surface area contributed by atoms with Crippen LogP contribution >= 0.6 is 11.3 Å². The van der Waals surface area contributed by atoms with E-state index in [0.29, 0.717) is 0 Å². The third-order valence-electron chi connectivity index (χ3n) is 16.7. The number of nitrogens with zero attached hydrogens (tertiary/aromatic N) is 2. The first-order valence-electron chi connectivity index (χ1n) is 24.1. The molecule has 0 radical (unpaired) electrons. The number of thiophene rings is 1. The molecule has 0 fully saturated rings. The van der Waals surface area contributed by atoms with E-state index >= 15 is 0 Å². The fraction of sp³-hybridized carbons (Fsp3) is 0.311. The maximum atomic E-state index is 2.77. The maximum Gasteiger partial charge on any atom is 0.333 e. The summed E-state index contributed by atoms with van der Waals surface area (Å²) in [5.41, 5.74) is 23.5. The van der Waals surface area contributed by atoms with Gasteiger partial charge in [-0.2, -0.15) is 0 Å². The first kappa shape index (κ1) is 39.8. The van der Waals surface area contributed by atoms with Crippen molar-refractivity contribution < 1.29 is 0 Å². The van der Waals surface area contributed by atoms with E-state index in [1.165, 1.54) is 138 Å². The molecule has 322 valence electrons. The second kappa shape index (κ2) is 12.4. The second-order valence-electron chi connectivity index (χ2n) is 24.0. The van der Waals surface area contributed by atoms with Crippen molar-refractivity contribution in [2.24, 2.45) is 0 Å². The van der Waals surface area contributed by atoms with Crippen LogP contribution in [0.2, 0.25) is 0 Å². The lowest BCUT2D eigenvalue weighted by molar-refractivity contribution is 0.332. The van der Waals surface area contributed by atoms with Crippen molar-refractivity contribution >= 4 is 82.5 Å². The van der Waals surface area contributed by atoms with Crippen LogP contribution < -0.4 is 15.7 Å². The number of aromatic nitrogens is 1. The third kappa shape index (κ3) is 5.13. The summed E-state index contributed by atoms with van der Waals surface area (Å²) in [5, 5.41) is 5.60. The normalized spacial score (nSPS) is 17.4. The predicted molar refractivity (Wildman–Crippen MR) is 283 cm³/mol. The van der Waals surface area contributed by atoms with Crippen LogP contribution in [0.15, 0.2) is 115 Å². The standard InChI is InChI=1S/C61H59BN2S/c1-57(2,3)34-21-24-36(25-22-34)64-49-32-43-39(37-17-13-15-19-42(37)61(43,11)12)30-40(49)51-52-38-18-14-16-20-50(38)65-56(52)53-41-31-44-45(60(9,10)28-27-59(44,7)8)33-48(41)63-47-26-23-35(58(4,5)6)29-46(47)62(64)54(51)55(53)63/h13-26,29-33H,27-28H2,1-12H3. The average Bonchev–Trinajstić information content (AvgIpc) is 3.89. The Labute approximate surface area is 389 Å². The highest BCUT2D eigenvalue weighted by Gasteiger charge is 2.48. The average molecular weight is 863 g/mol. The molecular weight excluding hydrogens is 804 g/mol. The van der Waals surface area contributed by atoms with Crippen LogP contribution in [0.4, 0.5) is 11.4 Å². The molecule has 4 aliphatic rings. The summed E-state index contributed by atoms with van der Waals surface area (Å²) < 4.78 is 5.51. The molecule has 2 aromatic heterocycles. The van der Waals surface area contributed by atoms with E-state index in [2.05, 4.69) is 208 Å². The van der Waals surface area contributed by atoms with Gasteiger partial charge in [0.15, 0.2) is 0 Å². The Morgan fingerprint density at radius 1 is 0.554 bits per heavy atom. The molecule has 0 bridgehead atoms. The zero-order valence-corrected chi connectivity index (χ0v) is 41.1. The fourth-order valence-electron chi connectivity index (χ4n) is 12.9. The molecule has 0 amide bonds.